The Balaban J connectivity index is 2.21. The zero-order valence-corrected chi connectivity index (χ0v) is 17.2. The lowest BCUT2D eigenvalue weighted by Crippen LogP contribution is -2.16. The van der Waals surface area contributed by atoms with Crippen molar-refractivity contribution in [1.29, 1.82) is 0 Å². The number of fused-ring (bicyclic) bond motifs is 1. The van der Waals surface area contributed by atoms with E-state index in [-0.39, 0.29) is 10.8 Å². The second-order valence-corrected chi connectivity index (χ2v) is 9.09. The minimum Gasteiger partial charge on any atom is -0.312 e. The summed E-state index contributed by atoms with van der Waals surface area (Å²) in [6.45, 7) is 4.17. The smallest absolute Gasteiger partial charge is 0.280 e. The van der Waals surface area contributed by atoms with Crippen molar-refractivity contribution in [3.63, 3.8) is 0 Å². The molecule has 26 heavy (non-hydrogen) atoms. The van der Waals surface area contributed by atoms with Gasteiger partial charge in [0.15, 0.2) is 4.80 Å². The van der Waals surface area contributed by atoms with E-state index in [9.17, 15) is 13.2 Å². The van der Waals surface area contributed by atoms with Crippen LogP contribution in [0.15, 0.2) is 65.0 Å². The highest BCUT2D eigenvalue weighted by molar-refractivity contribution is 14.1. The fourth-order valence-corrected chi connectivity index (χ4v) is 4.71. The Morgan fingerprint density at radius 2 is 2.04 bits per heavy atom. The van der Waals surface area contributed by atoms with Crippen molar-refractivity contribution < 1.29 is 13.2 Å². The van der Waals surface area contributed by atoms with Gasteiger partial charge in [-0.15, -0.1) is 6.58 Å². The van der Waals surface area contributed by atoms with Gasteiger partial charge in [-0.3, -0.25) is 4.79 Å². The van der Waals surface area contributed by atoms with Gasteiger partial charge >= 0.3 is 0 Å². The van der Waals surface area contributed by atoms with E-state index in [2.05, 4.69) is 34.2 Å². The third-order valence-electron chi connectivity index (χ3n) is 3.60. The lowest BCUT2D eigenvalue weighted by atomic mass is 10.2. The van der Waals surface area contributed by atoms with Crippen molar-refractivity contribution in [2.75, 3.05) is 0 Å². The molecule has 1 amide bonds. The number of aromatic nitrogens is 1. The number of allylic oxidation sites excluding steroid dienone is 1. The molecule has 0 radical (unpaired) electrons. The number of sulfonamides is 1. The van der Waals surface area contributed by atoms with Gasteiger partial charge in [-0.25, -0.2) is 13.6 Å². The molecule has 0 saturated carbocycles. The summed E-state index contributed by atoms with van der Waals surface area (Å²) in [6.07, 6.45) is 1.69. The second-order valence-electron chi connectivity index (χ2n) is 5.36. The molecule has 3 rings (SSSR count). The summed E-state index contributed by atoms with van der Waals surface area (Å²) >= 11 is 3.32. The van der Waals surface area contributed by atoms with Crippen LogP contribution in [0.4, 0.5) is 0 Å². The summed E-state index contributed by atoms with van der Waals surface area (Å²) in [7, 11) is -3.80. The summed E-state index contributed by atoms with van der Waals surface area (Å²) in [5, 5.41) is 5.20. The topological polar surface area (TPSA) is 94.5 Å². The third-order valence-corrected chi connectivity index (χ3v) is 6.49. The summed E-state index contributed by atoms with van der Waals surface area (Å²) in [6, 6.07) is 11.8. The van der Waals surface area contributed by atoms with Gasteiger partial charge in [-0.2, -0.15) is 4.99 Å². The van der Waals surface area contributed by atoms with E-state index in [1.807, 2.05) is 16.7 Å². The highest BCUT2D eigenvalue weighted by Crippen LogP contribution is 2.21. The molecule has 0 saturated heterocycles. The molecule has 2 N–H and O–H groups in total. The molecule has 0 atom stereocenters. The standard InChI is InChI=1S/C17H14IN3O3S2/c1-2-9-21-14-8-7-11(26(19,23)24)10-15(14)25-17(21)20-16(22)12-5-3-4-6-13(12)18/h2-8,10H,1,9H2,(H2,19,23,24). The second kappa shape index (κ2) is 7.43. The van der Waals surface area contributed by atoms with Gasteiger partial charge in [0, 0.05) is 10.1 Å². The molecule has 1 aromatic heterocycles. The molecule has 9 heteroatoms. The number of nitrogens with two attached hydrogens (primary N) is 1. The molecule has 0 bridgehead atoms. The first-order valence-corrected chi connectivity index (χ1v) is 10.9. The average Bonchev–Trinajstić information content (AvgIpc) is 2.91. The minimum absolute atomic E-state index is 0.0208. The number of primary sulfonamides is 1. The largest absolute Gasteiger partial charge is 0.312 e. The molecular formula is C17H14IN3O3S2. The number of rotatable bonds is 4. The molecule has 134 valence electrons. The summed E-state index contributed by atoms with van der Waals surface area (Å²) in [5.74, 6) is -0.356. The van der Waals surface area contributed by atoms with Crippen LogP contribution in [0.2, 0.25) is 0 Å². The first-order chi connectivity index (χ1) is 12.3. The molecule has 1 heterocycles. The Morgan fingerprint density at radius 3 is 2.69 bits per heavy atom. The van der Waals surface area contributed by atoms with E-state index in [1.165, 1.54) is 23.5 Å². The number of thiazole rings is 1. The van der Waals surface area contributed by atoms with E-state index < -0.39 is 10.0 Å². The van der Waals surface area contributed by atoms with Crippen LogP contribution in [-0.2, 0) is 16.6 Å². The Morgan fingerprint density at radius 1 is 1.31 bits per heavy atom. The molecule has 0 unspecified atom stereocenters. The lowest BCUT2D eigenvalue weighted by molar-refractivity contribution is 0.0997. The number of carbonyl (C=O) groups excluding carboxylic acids is 1. The van der Waals surface area contributed by atoms with E-state index in [1.54, 1.807) is 24.3 Å². The number of amides is 1. The number of halogens is 1. The third kappa shape index (κ3) is 3.80. The van der Waals surface area contributed by atoms with Gasteiger partial charge in [0.25, 0.3) is 5.91 Å². The van der Waals surface area contributed by atoms with Crippen LogP contribution in [0, 0.1) is 3.57 Å². The normalized spacial score (nSPS) is 12.5. The SMILES string of the molecule is C=CCn1c(=NC(=O)c2ccccc2I)sc2cc(S(N)(=O)=O)ccc21. The molecule has 0 fully saturated rings. The highest BCUT2D eigenvalue weighted by atomic mass is 127. The van der Waals surface area contributed by atoms with E-state index in [0.717, 1.165) is 9.09 Å². The molecule has 0 aliphatic carbocycles. The van der Waals surface area contributed by atoms with Gasteiger partial charge < -0.3 is 4.57 Å². The Bertz CT molecular complexity index is 1190. The maximum absolute atomic E-state index is 12.6. The molecule has 6 nitrogen and oxygen atoms in total. The van der Waals surface area contributed by atoms with Crippen LogP contribution >= 0.6 is 33.9 Å². The van der Waals surface area contributed by atoms with Crippen molar-refractivity contribution in [2.24, 2.45) is 10.1 Å². The molecule has 2 aromatic carbocycles. The van der Waals surface area contributed by atoms with Crippen molar-refractivity contribution in [3.8, 4) is 0 Å². The zero-order chi connectivity index (χ0) is 18.9. The van der Waals surface area contributed by atoms with Crippen LogP contribution in [0.5, 0.6) is 0 Å². The predicted octanol–water partition coefficient (Wildman–Crippen LogP) is 2.88. The highest BCUT2D eigenvalue weighted by Gasteiger charge is 2.14. The first-order valence-electron chi connectivity index (χ1n) is 7.42. The minimum atomic E-state index is -3.80. The number of benzene rings is 2. The maximum atomic E-state index is 12.6. The van der Waals surface area contributed by atoms with Crippen LogP contribution in [0.25, 0.3) is 10.2 Å². The van der Waals surface area contributed by atoms with Crippen LogP contribution in [0.1, 0.15) is 10.4 Å². The molecule has 0 aliphatic heterocycles. The number of hydrogen-bond donors (Lipinski definition) is 1. The molecule has 0 aliphatic rings. The predicted molar refractivity (Wildman–Crippen MR) is 110 cm³/mol. The van der Waals surface area contributed by atoms with E-state index >= 15 is 0 Å². The van der Waals surface area contributed by atoms with Crippen molar-refractivity contribution in [1.82, 2.24) is 4.57 Å². The Kier molecular flexibility index (Phi) is 5.42. The Labute approximate surface area is 167 Å². The van der Waals surface area contributed by atoms with Crippen LogP contribution < -0.4 is 9.94 Å². The summed E-state index contributed by atoms with van der Waals surface area (Å²) < 4.78 is 26.4. The monoisotopic (exact) mass is 499 g/mol. The zero-order valence-electron chi connectivity index (χ0n) is 13.4. The van der Waals surface area contributed by atoms with Crippen molar-refractivity contribution in [2.45, 2.75) is 11.4 Å². The van der Waals surface area contributed by atoms with Crippen LogP contribution in [-0.4, -0.2) is 18.9 Å². The summed E-state index contributed by atoms with van der Waals surface area (Å²) in [5.41, 5.74) is 1.28. The fraction of sp³-hybridized carbons (Fsp3) is 0.0588. The maximum Gasteiger partial charge on any atom is 0.280 e. The Hall–Kier alpha value is -1.82. The van der Waals surface area contributed by atoms with Gasteiger partial charge in [0.05, 0.1) is 20.7 Å². The number of carbonyl (C=O) groups is 1. The lowest BCUT2D eigenvalue weighted by Gasteiger charge is -2.02. The van der Waals surface area contributed by atoms with Crippen LogP contribution in [0.3, 0.4) is 0 Å². The number of hydrogen-bond acceptors (Lipinski definition) is 4. The van der Waals surface area contributed by atoms with Crippen molar-refractivity contribution >= 4 is 60.1 Å². The molecular weight excluding hydrogens is 485 g/mol. The van der Waals surface area contributed by atoms with E-state index in [0.29, 0.717) is 21.6 Å². The first kappa shape index (κ1) is 19.0. The van der Waals surface area contributed by atoms with Gasteiger partial charge in [0.1, 0.15) is 0 Å². The fourth-order valence-electron chi connectivity index (χ4n) is 2.40. The van der Waals surface area contributed by atoms with Gasteiger partial charge in [-0.05, 0) is 52.9 Å². The average molecular weight is 499 g/mol. The quantitative estimate of drug-likeness (QED) is 0.442. The van der Waals surface area contributed by atoms with Gasteiger partial charge in [-0.1, -0.05) is 29.5 Å². The number of nitrogens with zero attached hydrogens (tertiary/aromatic N) is 2. The van der Waals surface area contributed by atoms with E-state index in [4.69, 9.17) is 5.14 Å². The molecule has 0 spiro atoms. The van der Waals surface area contributed by atoms with Gasteiger partial charge in [0.2, 0.25) is 10.0 Å². The van der Waals surface area contributed by atoms with Crippen molar-refractivity contribution in [3.05, 3.63) is 69.1 Å². The molecule has 3 aromatic rings. The summed E-state index contributed by atoms with van der Waals surface area (Å²) in [4.78, 5) is 17.3.